The van der Waals surface area contributed by atoms with Gasteiger partial charge in [-0.05, 0) is 36.8 Å². The summed E-state index contributed by atoms with van der Waals surface area (Å²) in [6.07, 6.45) is 0. The lowest BCUT2D eigenvalue weighted by molar-refractivity contribution is 0.0997. The fourth-order valence-electron chi connectivity index (χ4n) is 1.66. The van der Waals surface area contributed by atoms with Crippen LogP contribution in [0.5, 0.6) is 0 Å². The van der Waals surface area contributed by atoms with Crippen molar-refractivity contribution >= 4 is 23.9 Å². The van der Waals surface area contributed by atoms with Crippen molar-refractivity contribution in [2.45, 2.75) is 6.92 Å². The highest BCUT2D eigenvalue weighted by Gasteiger charge is 2.14. The summed E-state index contributed by atoms with van der Waals surface area (Å²) < 4.78 is 1.93. The molecular weight excluding hydrogens is 236 g/mol. The zero-order valence-electron chi connectivity index (χ0n) is 9.23. The van der Waals surface area contributed by atoms with E-state index in [9.17, 15) is 4.79 Å². The van der Waals surface area contributed by atoms with Gasteiger partial charge in [-0.3, -0.25) is 9.36 Å². The van der Waals surface area contributed by atoms with Crippen LogP contribution in [0.15, 0.2) is 24.3 Å². The lowest BCUT2D eigenvalue weighted by Crippen LogP contribution is -2.14. The average Bonchev–Trinajstić information content (AvgIpc) is 2.54. The van der Waals surface area contributed by atoms with E-state index >= 15 is 0 Å². The molecule has 1 amide bonds. The summed E-state index contributed by atoms with van der Waals surface area (Å²) in [7, 11) is 0. The Morgan fingerprint density at radius 3 is 2.71 bits per heavy atom. The molecule has 0 aliphatic rings. The van der Waals surface area contributed by atoms with E-state index in [-0.39, 0.29) is 11.5 Å². The average molecular weight is 248 g/mol. The quantitative estimate of drug-likeness (QED) is 0.704. The molecule has 6 heteroatoms. The minimum absolute atomic E-state index is 0.136. The summed E-state index contributed by atoms with van der Waals surface area (Å²) in [6, 6.07) is 7.64. The van der Waals surface area contributed by atoms with Crippen LogP contribution in [-0.2, 0) is 0 Å². The van der Waals surface area contributed by atoms with Crippen LogP contribution in [0.2, 0.25) is 0 Å². The van der Waals surface area contributed by atoms with Gasteiger partial charge >= 0.3 is 0 Å². The molecular formula is C11H12N4OS. The number of nitrogens with zero attached hydrogens (tertiary/aromatic N) is 1. The van der Waals surface area contributed by atoms with E-state index in [1.165, 1.54) is 0 Å². The predicted octanol–water partition coefficient (Wildman–Crippen LogP) is 1.52. The first-order valence-corrected chi connectivity index (χ1v) is 5.39. The lowest BCUT2D eigenvalue weighted by Gasteiger charge is -2.06. The number of aromatic amines is 1. The monoisotopic (exact) mass is 248 g/mol. The number of nitrogens with two attached hydrogens (primary N) is 2. The van der Waals surface area contributed by atoms with Crippen molar-refractivity contribution in [1.82, 2.24) is 9.55 Å². The van der Waals surface area contributed by atoms with Gasteiger partial charge in [-0.25, -0.2) is 0 Å². The van der Waals surface area contributed by atoms with Crippen molar-refractivity contribution in [3.05, 3.63) is 40.3 Å². The molecule has 5 N–H and O–H groups in total. The maximum atomic E-state index is 11.1. The van der Waals surface area contributed by atoms with Crippen molar-refractivity contribution in [3.63, 3.8) is 0 Å². The molecule has 0 saturated heterocycles. The Balaban J connectivity index is 2.68. The van der Waals surface area contributed by atoms with Gasteiger partial charge < -0.3 is 16.5 Å². The minimum Gasteiger partial charge on any atom is -0.383 e. The Labute approximate surface area is 103 Å². The Morgan fingerprint density at radius 1 is 1.47 bits per heavy atom. The molecule has 2 aromatic rings. The maximum absolute atomic E-state index is 11.1. The van der Waals surface area contributed by atoms with Gasteiger partial charge in [0, 0.05) is 0 Å². The van der Waals surface area contributed by atoms with Gasteiger partial charge in [-0.2, -0.15) is 0 Å². The van der Waals surface area contributed by atoms with Crippen LogP contribution >= 0.6 is 12.2 Å². The fraction of sp³-hybridized carbons (Fsp3) is 0.0909. The summed E-state index contributed by atoms with van der Waals surface area (Å²) >= 11 is 5.12. The smallest absolute Gasteiger partial charge is 0.268 e. The zero-order chi connectivity index (χ0) is 12.6. The topological polar surface area (TPSA) is 89.8 Å². The largest absolute Gasteiger partial charge is 0.383 e. The van der Waals surface area contributed by atoms with Gasteiger partial charge in [0.25, 0.3) is 5.91 Å². The highest BCUT2D eigenvalue weighted by molar-refractivity contribution is 7.71. The highest BCUT2D eigenvalue weighted by atomic mass is 32.1. The number of carbonyl (C=O) groups is 1. The first-order valence-electron chi connectivity index (χ1n) is 4.98. The molecule has 0 atom stereocenters. The van der Waals surface area contributed by atoms with Crippen LogP contribution in [0.3, 0.4) is 0 Å². The first-order chi connectivity index (χ1) is 8.00. The SMILES string of the molecule is Cc1cccc(-n2c(N)c(C(N)=O)[nH]c2=S)c1. The Bertz CT molecular complexity index is 641. The molecule has 0 bridgehead atoms. The highest BCUT2D eigenvalue weighted by Crippen LogP contribution is 2.19. The standard InChI is InChI=1S/C11H12N4OS/c1-6-3-2-4-7(5-6)15-9(12)8(10(13)16)14-11(15)17/h2-5H,12H2,1H3,(H2,13,16)(H,14,17). The van der Waals surface area contributed by atoms with Gasteiger partial charge in [0.05, 0.1) is 5.69 Å². The number of carbonyl (C=O) groups excluding carboxylic acids is 1. The maximum Gasteiger partial charge on any atom is 0.268 e. The number of hydrogen-bond acceptors (Lipinski definition) is 3. The molecule has 17 heavy (non-hydrogen) atoms. The molecule has 0 spiro atoms. The summed E-state index contributed by atoms with van der Waals surface area (Å²) in [5, 5.41) is 0. The second-order valence-electron chi connectivity index (χ2n) is 3.73. The molecule has 1 aromatic carbocycles. The molecule has 0 aliphatic carbocycles. The molecule has 5 nitrogen and oxygen atoms in total. The van der Waals surface area contributed by atoms with Crippen LogP contribution in [0.4, 0.5) is 5.82 Å². The number of amides is 1. The molecule has 0 unspecified atom stereocenters. The zero-order valence-corrected chi connectivity index (χ0v) is 10.0. The molecule has 88 valence electrons. The van der Waals surface area contributed by atoms with Crippen molar-refractivity contribution in [2.24, 2.45) is 5.73 Å². The van der Waals surface area contributed by atoms with Gasteiger partial charge in [-0.1, -0.05) is 12.1 Å². The van der Waals surface area contributed by atoms with Gasteiger partial charge in [0.1, 0.15) is 11.5 Å². The third kappa shape index (κ3) is 1.94. The van der Waals surface area contributed by atoms with E-state index in [4.69, 9.17) is 23.7 Å². The number of nitrogen functional groups attached to an aromatic ring is 1. The van der Waals surface area contributed by atoms with E-state index in [1.54, 1.807) is 4.57 Å². The third-order valence-corrected chi connectivity index (χ3v) is 2.72. The van der Waals surface area contributed by atoms with Crippen LogP contribution in [0.25, 0.3) is 5.69 Å². The number of nitrogens with one attached hydrogen (secondary N) is 1. The van der Waals surface area contributed by atoms with Gasteiger partial charge in [0.15, 0.2) is 4.77 Å². The van der Waals surface area contributed by atoms with Crippen LogP contribution in [0.1, 0.15) is 16.1 Å². The third-order valence-electron chi connectivity index (χ3n) is 2.44. The Morgan fingerprint density at radius 2 is 2.18 bits per heavy atom. The second kappa shape index (κ2) is 4.06. The van der Waals surface area contributed by atoms with Crippen molar-refractivity contribution in [1.29, 1.82) is 0 Å². The summed E-state index contributed by atoms with van der Waals surface area (Å²) in [5.74, 6) is -0.395. The normalized spacial score (nSPS) is 10.4. The number of primary amides is 1. The number of aromatic nitrogens is 2. The first kappa shape index (κ1) is 11.4. The van der Waals surface area contributed by atoms with E-state index < -0.39 is 5.91 Å². The molecule has 1 aromatic heterocycles. The number of anilines is 1. The predicted molar refractivity (Wildman–Crippen MR) is 68.6 cm³/mol. The van der Waals surface area contributed by atoms with E-state index in [0.29, 0.717) is 4.77 Å². The summed E-state index contributed by atoms with van der Waals surface area (Å²) in [6.45, 7) is 1.96. The van der Waals surface area contributed by atoms with E-state index in [2.05, 4.69) is 4.98 Å². The van der Waals surface area contributed by atoms with Gasteiger partial charge in [0.2, 0.25) is 0 Å². The molecule has 0 fully saturated rings. The molecule has 2 rings (SSSR count). The van der Waals surface area contributed by atoms with E-state index in [0.717, 1.165) is 11.3 Å². The number of imidazole rings is 1. The summed E-state index contributed by atoms with van der Waals surface area (Å²) in [5.41, 5.74) is 13.1. The summed E-state index contributed by atoms with van der Waals surface area (Å²) in [4.78, 5) is 13.8. The van der Waals surface area contributed by atoms with Crippen LogP contribution < -0.4 is 11.5 Å². The van der Waals surface area contributed by atoms with Crippen molar-refractivity contribution in [2.75, 3.05) is 5.73 Å². The molecule has 0 radical (unpaired) electrons. The number of H-pyrrole nitrogens is 1. The molecule has 1 heterocycles. The lowest BCUT2D eigenvalue weighted by atomic mass is 10.2. The van der Waals surface area contributed by atoms with Crippen LogP contribution in [-0.4, -0.2) is 15.5 Å². The van der Waals surface area contributed by atoms with Crippen molar-refractivity contribution in [3.8, 4) is 5.69 Å². The minimum atomic E-state index is -0.625. The fourth-order valence-corrected chi connectivity index (χ4v) is 1.97. The van der Waals surface area contributed by atoms with Crippen LogP contribution in [0, 0.1) is 11.7 Å². The number of aryl methyl sites for hydroxylation is 1. The van der Waals surface area contributed by atoms with Crippen molar-refractivity contribution < 1.29 is 4.79 Å². The number of hydrogen-bond donors (Lipinski definition) is 3. The second-order valence-corrected chi connectivity index (χ2v) is 4.12. The Hall–Kier alpha value is -2.08. The number of rotatable bonds is 2. The Kier molecular flexibility index (Phi) is 2.72. The molecule has 0 aliphatic heterocycles. The van der Waals surface area contributed by atoms with E-state index in [1.807, 2.05) is 31.2 Å². The molecule has 0 saturated carbocycles. The van der Waals surface area contributed by atoms with Gasteiger partial charge in [-0.15, -0.1) is 0 Å². The number of benzene rings is 1.